The summed E-state index contributed by atoms with van der Waals surface area (Å²) in [5.74, 6) is -2.08. The van der Waals surface area contributed by atoms with E-state index in [2.05, 4.69) is 10.4 Å². The molecule has 0 saturated heterocycles. The molecule has 2 unspecified atom stereocenters. The Morgan fingerprint density at radius 3 is 2.47 bits per heavy atom. The van der Waals surface area contributed by atoms with Crippen molar-refractivity contribution in [3.8, 4) is 17.3 Å². The fraction of sp³-hybridized carbons (Fsp3) is 0.346. The predicted octanol–water partition coefficient (Wildman–Crippen LogP) is 3.75. The van der Waals surface area contributed by atoms with Crippen molar-refractivity contribution < 1.29 is 33.7 Å². The van der Waals surface area contributed by atoms with Crippen LogP contribution in [0.1, 0.15) is 49.3 Å². The highest BCUT2D eigenvalue weighted by molar-refractivity contribution is 5.93. The number of carboxylic acids is 1. The fourth-order valence-corrected chi connectivity index (χ4v) is 3.36. The molecule has 0 spiro atoms. The third-order valence-electron chi connectivity index (χ3n) is 5.94. The van der Waals surface area contributed by atoms with Gasteiger partial charge in [-0.3, -0.25) is 9.59 Å². The number of nitrogens with zero attached hydrogens (tertiary/aromatic N) is 2. The van der Waals surface area contributed by atoms with Crippen LogP contribution >= 0.6 is 0 Å². The number of amides is 1. The zero-order chi connectivity index (χ0) is 26.5. The number of aliphatic hydroxyl groups is 1. The van der Waals surface area contributed by atoms with Crippen LogP contribution in [0.15, 0.2) is 54.6 Å². The second kappa shape index (κ2) is 11.2. The molecule has 3 rings (SSSR count). The zero-order valence-corrected chi connectivity index (χ0v) is 20.6. The van der Waals surface area contributed by atoms with E-state index in [0.29, 0.717) is 11.3 Å². The lowest BCUT2D eigenvalue weighted by molar-refractivity contribution is -0.137. The SMILES string of the molecule is COc1ccccc1C(CC(=O)O)NC(=O)c1cc(OCC(C)(O)C(C)C)n(-c2ccccc2F)n1. The molecular weight excluding hydrogens is 469 g/mol. The number of benzene rings is 2. The van der Waals surface area contributed by atoms with Gasteiger partial charge in [0.2, 0.25) is 5.88 Å². The molecule has 2 aromatic carbocycles. The number of halogens is 1. The molecule has 0 aliphatic carbocycles. The quantitative estimate of drug-likeness (QED) is 0.367. The average molecular weight is 500 g/mol. The van der Waals surface area contributed by atoms with Gasteiger partial charge >= 0.3 is 5.97 Å². The number of hydrogen-bond acceptors (Lipinski definition) is 6. The molecule has 0 aliphatic heterocycles. The van der Waals surface area contributed by atoms with Crippen LogP contribution < -0.4 is 14.8 Å². The van der Waals surface area contributed by atoms with Gasteiger partial charge in [-0.05, 0) is 31.0 Å². The minimum Gasteiger partial charge on any atom is -0.496 e. The van der Waals surface area contributed by atoms with Gasteiger partial charge in [0, 0.05) is 11.6 Å². The monoisotopic (exact) mass is 499 g/mol. The molecule has 0 radical (unpaired) electrons. The summed E-state index contributed by atoms with van der Waals surface area (Å²) >= 11 is 0. The van der Waals surface area contributed by atoms with E-state index in [1.807, 2.05) is 13.8 Å². The summed E-state index contributed by atoms with van der Waals surface area (Å²) in [4.78, 5) is 24.7. The maximum Gasteiger partial charge on any atom is 0.305 e. The fourth-order valence-electron chi connectivity index (χ4n) is 3.36. The number of rotatable bonds is 11. The third-order valence-corrected chi connectivity index (χ3v) is 5.94. The van der Waals surface area contributed by atoms with Crippen molar-refractivity contribution >= 4 is 11.9 Å². The van der Waals surface area contributed by atoms with Crippen molar-refractivity contribution in [2.75, 3.05) is 13.7 Å². The largest absolute Gasteiger partial charge is 0.496 e. The van der Waals surface area contributed by atoms with Crippen LogP contribution in [-0.4, -0.2) is 51.2 Å². The molecule has 3 N–H and O–H groups in total. The highest BCUT2D eigenvalue weighted by Crippen LogP contribution is 2.29. The molecule has 36 heavy (non-hydrogen) atoms. The lowest BCUT2D eigenvalue weighted by Gasteiger charge is -2.27. The van der Waals surface area contributed by atoms with Crippen LogP contribution in [0.25, 0.3) is 5.69 Å². The number of para-hydroxylation sites is 2. The Labute approximate surface area is 208 Å². The molecule has 0 fully saturated rings. The standard InChI is InChI=1S/C26H30FN3O6/c1-16(2)26(3,34)15-36-23-13-20(29-30(23)21-11-7-6-10-18(21)27)25(33)28-19(14-24(31)32)17-9-5-8-12-22(17)35-4/h5-13,16,19,34H,14-15H2,1-4H3,(H,28,33)(H,31,32). The van der Waals surface area contributed by atoms with E-state index in [1.165, 1.54) is 31.4 Å². The highest BCUT2D eigenvalue weighted by atomic mass is 19.1. The molecule has 0 bridgehead atoms. The predicted molar refractivity (Wildman–Crippen MR) is 130 cm³/mol. The lowest BCUT2D eigenvalue weighted by atomic mass is 9.94. The first-order valence-corrected chi connectivity index (χ1v) is 11.4. The summed E-state index contributed by atoms with van der Waals surface area (Å²) < 4.78 is 26.8. The Hall–Kier alpha value is -3.92. The van der Waals surface area contributed by atoms with E-state index in [4.69, 9.17) is 9.47 Å². The third kappa shape index (κ3) is 6.19. The van der Waals surface area contributed by atoms with E-state index in [-0.39, 0.29) is 29.8 Å². The van der Waals surface area contributed by atoms with Gasteiger partial charge in [0.15, 0.2) is 5.69 Å². The number of aromatic nitrogens is 2. The number of hydrogen-bond donors (Lipinski definition) is 3. The van der Waals surface area contributed by atoms with Crippen LogP contribution in [0, 0.1) is 11.7 Å². The highest BCUT2D eigenvalue weighted by Gasteiger charge is 2.28. The zero-order valence-electron chi connectivity index (χ0n) is 20.6. The van der Waals surface area contributed by atoms with Crippen molar-refractivity contribution in [2.45, 2.75) is 38.8 Å². The molecule has 3 aromatic rings. The lowest BCUT2D eigenvalue weighted by Crippen LogP contribution is -2.38. The Morgan fingerprint density at radius 2 is 1.83 bits per heavy atom. The number of carbonyl (C=O) groups excluding carboxylic acids is 1. The summed E-state index contributed by atoms with van der Waals surface area (Å²) in [7, 11) is 1.45. The Morgan fingerprint density at radius 1 is 1.17 bits per heavy atom. The maximum absolute atomic E-state index is 14.6. The first-order chi connectivity index (χ1) is 17.0. The molecule has 0 aliphatic rings. The molecule has 10 heteroatoms. The van der Waals surface area contributed by atoms with Gasteiger partial charge in [0.05, 0.1) is 25.2 Å². The average Bonchev–Trinajstić information content (AvgIpc) is 3.26. The van der Waals surface area contributed by atoms with Gasteiger partial charge in [-0.15, -0.1) is 0 Å². The van der Waals surface area contributed by atoms with E-state index < -0.39 is 35.8 Å². The minimum absolute atomic E-state index is 0.0400. The second-order valence-corrected chi connectivity index (χ2v) is 8.90. The van der Waals surface area contributed by atoms with E-state index in [0.717, 1.165) is 4.68 Å². The van der Waals surface area contributed by atoms with Gasteiger partial charge in [-0.2, -0.15) is 9.78 Å². The second-order valence-electron chi connectivity index (χ2n) is 8.90. The van der Waals surface area contributed by atoms with Gasteiger partial charge < -0.3 is 25.0 Å². The first kappa shape index (κ1) is 26.7. The van der Waals surface area contributed by atoms with Gasteiger partial charge in [0.25, 0.3) is 5.91 Å². The first-order valence-electron chi connectivity index (χ1n) is 11.4. The van der Waals surface area contributed by atoms with Gasteiger partial charge in [-0.1, -0.05) is 44.2 Å². The molecule has 1 aromatic heterocycles. The summed E-state index contributed by atoms with van der Waals surface area (Å²) in [6, 6.07) is 13.0. The molecular formula is C26H30FN3O6. The summed E-state index contributed by atoms with van der Waals surface area (Å²) in [5.41, 5.74) is -0.789. The number of nitrogens with one attached hydrogen (secondary N) is 1. The smallest absolute Gasteiger partial charge is 0.305 e. The number of aliphatic carboxylic acids is 1. The molecule has 2 atom stereocenters. The normalized spacial score (nSPS) is 13.6. The van der Waals surface area contributed by atoms with Crippen LogP contribution in [0.2, 0.25) is 0 Å². The summed E-state index contributed by atoms with van der Waals surface area (Å²) in [5, 5.41) is 26.9. The molecule has 9 nitrogen and oxygen atoms in total. The summed E-state index contributed by atoms with van der Waals surface area (Å²) in [6.45, 7) is 5.14. The molecule has 0 saturated carbocycles. The van der Waals surface area contributed by atoms with Crippen molar-refractivity contribution in [1.29, 1.82) is 0 Å². The maximum atomic E-state index is 14.6. The van der Waals surface area contributed by atoms with Crippen LogP contribution in [0.3, 0.4) is 0 Å². The molecule has 1 heterocycles. The number of carboxylic acid groups (broad SMARTS) is 1. The topological polar surface area (TPSA) is 123 Å². The van der Waals surface area contributed by atoms with Crippen LogP contribution in [0.4, 0.5) is 4.39 Å². The Bertz CT molecular complexity index is 1220. The van der Waals surface area contributed by atoms with Gasteiger partial charge in [-0.25, -0.2) is 4.39 Å². The van der Waals surface area contributed by atoms with Gasteiger partial charge in [0.1, 0.15) is 23.9 Å². The minimum atomic E-state index is -1.19. The summed E-state index contributed by atoms with van der Waals surface area (Å²) in [6.07, 6.45) is -0.402. The number of methoxy groups -OCH3 is 1. The van der Waals surface area contributed by atoms with E-state index in [1.54, 1.807) is 37.3 Å². The van der Waals surface area contributed by atoms with Crippen molar-refractivity contribution in [3.63, 3.8) is 0 Å². The van der Waals surface area contributed by atoms with Crippen LogP contribution in [-0.2, 0) is 4.79 Å². The number of ether oxygens (including phenoxy) is 2. The van der Waals surface area contributed by atoms with Crippen LogP contribution in [0.5, 0.6) is 11.6 Å². The van der Waals surface area contributed by atoms with E-state index >= 15 is 0 Å². The Kier molecular flexibility index (Phi) is 8.31. The molecule has 1 amide bonds. The van der Waals surface area contributed by atoms with Crippen molar-refractivity contribution in [2.24, 2.45) is 5.92 Å². The van der Waals surface area contributed by atoms with E-state index in [9.17, 15) is 24.2 Å². The Balaban J connectivity index is 1.97. The van der Waals surface area contributed by atoms with Crippen molar-refractivity contribution in [3.05, 3.63) is 71.7 Å². The molecule has 192 valence electrons. The van der Waals surface area contributed by atoms with Crippen molar-refractivity contribution in [1.82, 2.24) is 15.1 Å². The number of carbonyl (C=O) groups is 2.